The van der Waals surface area contributed by atoms with Crippen LogP contribution in [0.15, 0.2) is 42.5 Å². The van der Waals surface area contributed by atoms with Gasteiger partial charge < -0.3 is 29.9 Å². The lowest BCUT2D eigenvalue weighted by Crippen LogP contribution is -2.48. The number of fused-ring (bicyclic) bond motifs is 1. The fraction of sp³-hybridized carbons (Fsp3) is 0.464. The number of rotatable bonds is 5. The standard InChI is InChI=1S/C28H37FN4O5/c1-6-13-30-28(36)31-20-11-12-24-22(14-20)26(34)32(4)16-25(37-5)18(2)15-33(19(3)17-38-24)27(35)21-9-7-8-10-23(21)29/h7-12,14,18-19,25H,6,13,15-17H2,1-5H3,(H2,30,31,36)/t18-,19+,25-/m0/s1. The molecule has 9 nitrogen and oxygen atoms in total. The van der Waals surface area contributed by atoms with Gasteiger partial charge in [0.05, 0.1) is 23.3 Å². The molecule has 2 aromatic rings. The Morgan fingerprint density at radius 3 is 2.58 bits per heavy atom. The van der Waals surface area contributed by atoms with Gasteiger partial charge in [-0.15, -0.1) is 0 Å². The molecule has 38 heavy (non-hydrogen) atoms. The Morgan fingerprint density at radius 1 is 1.16 bits per heavy atom. The van der Waals surface area contributed by atoms with Gasteiger partial charge in [-0.3, -0.25) is 9.59 Å². The van der Waals surface area contributed by atoms with Crippen LogP contribution >= 0.6 is 0 Å². The number of benzene rings is 2. The minimum absolute atomic E-state index is 0.0163. The number of hydrogen-bond acceptors (Lipinski definition) is 5. The number of ether oxygens (including phenoxy) is 2. The topological polar surface area (TPSA) is 100 Å². The summed E-state index contributed by atoms with van der Waals surface area (Å²) in [6, 6.07) is 9.92. The van der Waals surface area contributed by atoms with Gasteiger partial charge in [-0.25, -0.2) is 9.18 Å². The van der Waals surface area contributed by atoms with E-state index in [4.69, 9.17) is 9.47 Å². The molecule has 3 atom stereocenters. The number of carbonyl (C=O) groups is 3. The molecule has 0 saturated carbocycles. The fourth-order valence-electron chi connectivity index (χ4n) is 4.34. The van der Waals surface area contributed by atoms with Crippen LogP contribution in [-0.4, -0.2) is 80.2 Å². The summed E-state index contributed by atoms with van der Waals surface area (Å²) in [6.45, 7) is 6.82. The number of amides is 4. The van der Waals surface area contributed by atoms with Crippen LogP contribution in [0.2, 0.25) is 0 Å². The number of nitrogens with one attached hydrogen (secondary N) is 2. The highest BCUT2D eigenvalue weighted by Crippen LogP contribution is 2.27. The Kier molecular flexibility index (Phi) is 10.1. The van der Waals surface area contributed by atoms with Crippen LogP contribution in [0.25, 0.3) is 0 Å². The average Bonchev–Trinajstić information content (AvgIpc) is 2.91. The average molecular weight is 529 g/mol. The van der Waals surface area contributed by atoms with Crippen molar-refractivity contribution in [1.29, 1.82) is 0 Å². The molecule has 0 spiro atoms. The van der Waals surface area contributed by atoms with Gasteiger partial charge in [0.1, 0.15) is 18.2 Å². The Bertz CT molecular complexity index is 1140. The van der Waals surface area contributed by atoms with Gasteiger partial charge in [0.25, 0.3) is 11.8 Å². The number of methoxy groups -OCH3 is 1. The molecule has 2 N–H and O–H groups in total. The molecule has 2 aromatic carbocycles. The van der Waals surface area contributed by atoms with Crippen molar-refractivity contribution >= 4 is 23.5 Å². The third-order valence-electron chi connectivity index (χ3n) is 6.60. The number of urea groups is 1. The van der Waals surface area contributed by atoms with E-state index in [0.29, 0.717) is 18.0 Å². The van der Waals surface area contributed by atoms with E-state index in [-0.39, 0.29) is 48.7 Å². The molecular formula is C28H37FN4O5. The van der Waals surface area contributed by atoms with E-state index >= 15 is 0 Å². The van der Waals surface area contributed by atoms with Crippen LogP contribution in [0, 0.1) is 11.7 Å². The van der Waals surface area contributed by atoms with E-state index in [0.717, 1.165) is 6.42 Å². The molecule has 0 radical (unpaired) electrons. The fourth-order valence-corrected chi connectivity index (χ4v) is 4.34. The number of hydrogen-bond donors (Lipinski definition) is 2. The summed E-state index contributed by atoms with van der Waals surface area (Å²) in [4.78, 5) is 42.2. The van der Waals surface area contributed by atoms with Gasteiger partial charge in [0.15, 0.2) is 0 Å². The molecule has 0 bridgehead atoms. The molecule has 1 aliphatic heterocycles. The monoisotopic (exact) mass is 528 g/mol. The first-order chi connectivity index (χ1) is 18.2. The second-order valence-corrected chi connectivity index (χ2v) is 9.63. The quantitative estimate of drug-likeness (QED) is 0.611. The maximum Gasteiger partial charge on any atom is 0.319 e. The summed E-state index contributed by atoms with van der Waals surface area (Å²) in [5, 5.41) is 5.48. The molecule has 10 heteroatoms. The minimum atomic E-state index is -0.591. The predicted octanol–water partition coefficient (Wildman–Crippen LogP) is 4.00. The highest BCUT2D eigenvalue weighted by Gasteiger charge is 2.31. The minimum Gasteiger partial charge on any atom is -0.491 e. The van der Waals surface area contributed by atoms with E-state index in [2.05, 4.69) is 10.6 Å². The predicted molar refractivity (Wildman–Crippen MR) is 143 cm³/mol. The molecule has 1 heterocycles. The van der Waals surface area contributed by atoms with Crippen molar-refractivity contribution in [2.24, 2.45) is 5.92 Å². The zero-order chi connectivity index (χ0) is 27.8. The molecule has 0 fully saturated rings. The van der Waals surface area contributed by atoms with Gasteiger partial charge in [-0.1, -0.05) is 26.0 Å². The molecule has 4 amide bonds. The highest BCUT2D eigenvalue weighted by molar-refractivity contribution is 5.99. The van der Waals surface area contributed by atoms with Crippen LogP contribution < -0.4 is 15.4 Å². The number of carbonyl (C=O) groups excluding carboxylic acids is 3. The Morgan fingerprint density at radius 2 is 1.89 bits per heavy atom. The lowest BCUT2D eigenvalue weighted by atomic mass is 10.0. The molecule has 206 valence electrons. The van der Waals surface area contributed by atoms with Gasteiger partial charge in [0, 0.05) is 45.4 Å². The van der Waals surface area contributed by atoms with E-state index in [1.165, 1.54) is 17.0 Å². The van der Waals surface area contributed by atoms with Gasteiger partial charge in [-0.2, -0.15) is 0 Å². The summed E-state index contributed by atoms with van der Waals surface area (Å²) in [5.74, 6) is -1.19. The van der Waals surface area contributed by atoms with Crippen molar-refractivity contribution in [3.05, 3.63) is 59.4 Å². The Balaban J connectivity index is 1.96. The van der Waals surface area contributed by atoms with E-state index < -0.39 is 23.9 Å². The number of likely N-dealkylation sites (N-methyl/N-ethyl adjacent to an activating group) is 1. The zero-order valence-corrected chi connectivity index (χ0v) is 22.6. The van der Waals surface area contributed by atoms with E-state index in [1.807, 2.05) is 20.8 Å². The van der Waals surface area contributed by atoms with Crippen LogP contribution in [0.5, 0.6) is 5.75 Å². The third kappa shape index (κ3) is 7.00. The maximum atomic E-state index is 14.5. The first-order valence-corrected chi connectivity index (χ1v) is 12.8. The Labute approximate surface area is 223 Å². The van der Waals surface area contributed by atoms with Crippen LogP contribution in [-0.2, 0) is 4.74 Å². The maximum absolute atomic E-state index is 14.5. The summed E-state index contributed by atoms with van der Waals surface area (Å²) in [5.41, 5.74) is 0.691. The number of nitrogens with zero attached hydrogens (tertiary/aromatic N) is 2. The summed E-state index contributed by atoms with van der Waals surface area (Å²) < 4.78 is 26.3. The van der Waals surface area contributed by atoms with E-state index in [9.17, 15) is 18.8 Å². The molecular weight excluding hydrogens is 491 g/mol. The summed E-state index contributed by atoms with van der Waals surface area (Å²) in [6.07, 6.45) is 0.402. The smallest absolute Gasteiger partial charge is 0.319 e. The highest BCUT2D eigenvalue weighted by atomic mass is 19.1. The second kappa shape index (κ2) is 13.2. The molecule has 3 rings (SSSR count). The van der Waals surface area contributed by atoms with Gasteiger partial charge >= 0.3 is 6.03 Å². The van der Waals surface area contributed by atoms with Gasteiger partial charge in [0.2, 0.25) is 0 Å². The first-order valence-electron chi connectivity index (χ1n) is 12.8. The van der Waals surface area contributed by atoms with Crippen molar-refractivity contribution in [3.63, 3.8) is 0 Å². The molecule has 0 aromatic heterocycles. The van der Waals surface area contributed by atoms with Crippen molar-refractivity contribution in [3.8, 4) is 5.75 Å². The molecule has 1 aliphatic rings. The van der Waals surface area contributed by atoms with Crippen molar-refractivity contribution < 1.29 is 28.2 Å². The lowest BCUT2D eigenvalue weighted by Gasteiger charge is -2.36. The summed E-state index contributed by atoms with van der Waals surface area (Å²) >= 11 is 0. The first kappa shape index (κ1) is 28.9. The lowest BCUT2D eigenvalue weighted by molar-refractivity contribution is 0.0110. The van der Waals surface area contributed by atoms with E-state index in [1.54, 1.807) is 49.4 Å². The second-order valence-electron chi connectivity index (χ2n) is 9.63. The molecule has 0 unspecified atom stereocenters. The number of halogens is 1. The largest absolute Gasteiger partial charge is 0.491 e. The van der Waals surface area contributed by atoms with Crippen LogP contribution in [0.3, 0.4) is 0 Å². The zero-order valence-electron chi connectivity index (χ0n) is 22.6. The SMILES string of the molecule is CCCNC(=O)Nc1ccc2c(c1)C(=O)N(C)C[C@H](OC)[C@@H](C)CN(C(=O)c1ccccc1F)[C@H](C)CO2. The van der Waals surface area contributed by atoms with Gasteiger partial charge in [-0.05, 0) is 43.7 Å². The third-order valence-corrected chi connectivity index (χ3v) is 6.60. The summed E-state index contributed by atoms with van der Waals surface area (Å²) in [7, 11) is 3.22. The van der Waals surface area contributed by atoms with Crippen molar-refractivity contribution in [2.45, 2.75) is 39.3 Å². The Hall–Kier alpha value is -3.66. The van der Waals surface area contributed by atoms with Crippen molar-refractivity contribution in [1.82, 2.24) is 15.1 Å². The van der Waals surface area contributed by atoms with Crippen LogP contribution in [0.1, 0.15) is 47.9 Å². The van der Waals surface area contributed by atoms with Crippen molar-refractivity contribution in [2.75, 3.05) is 45.7 Å². The van der Waals surface area contributed by atoms with Crippen LogP contribution in [0.4, 0.5) is 14.9 Å². The normalized spacial score (nSPS) is 20.5. The number of anilines is 1. The molecule has 0 saturated heterocycles. The molecule has 0 aliphatic carbocycles.